The third-order valence-electron chi connectivity index (χ3n) is 4.98. The molecule has 7 heteroatoms. The molecule has 4 rings (SSSR count). The average molecular weight is 384 g/mol. The van der Waals surface area contributed by atoms with Crippen molar-refractivity contribution in [1.29, 1.82) is 0 Å². The van der Waals surface area contributed by atoms with Crippen LogP contribution in [0.25, 0.3) is 0 Å². The zero-order valence-corrected chi connectivity index (χ0v) is 15.3. The Morgan fingerprint density at radius 2 is 1.86 bits per heavy atom. The quantitative estimate of drug-likeness (QED) is 0.861. The van der Waals surface area contributed by atoms with Crippen molar-refractivity contribution in [2.24, 2.45) is 5.92 Å². The van der Waals surface area contributed by atoms with Crippen LogP contribution in [0.2, 0.25) is 0 Å². The van der Waals surface area contributed by atoms with Crippen LogP contribution >= 0.6 is 0 Å². The average Bonchev–Trinajstić information content (AvgIpc) is 3.08. The highest BCUT2D eigenvalue weighted by molar-refractivity contribution is 5.97. The Balaban J connectivity index is 1.33. The van der Waals surface area contributed by atoms with E-state index in [1.165, 1.54) is 12.1 Å². The topological polar surface area (TPSA) is 67.9 Å². The van der Waals surface area contributed by atoms with Crippen LogP contribution in [0.5, 0.6) is 11.5 Å². The van der Waals surface area contributed by atoms with Crippen molar-refractivity contribution >= 4 is 17.5 Å². The lowest BCUT2D eigenvalue weighted by Gasteiger charge is -2.19. The minimum Gasteiger partial charge on any atom is -0.486 e. The summed E-state index contributed by atoms with van der Waals surface area (Å²) in [6.45, 7) is 1.88. The van der Waals surface area contributed by atoms with Crippen LogP contribution in [-0.4, -0.2) is 43.0 Å². The number of hydrogen-bond donors (Lipinski definition) is 1. The number of fused-ring (bicyclic) bond motifs is 1. The molecule has 146 valence electrons. The molecule has 2 heterocycles. The standard InChI is InChI=1S/C21H21FN2O4/c22-16-3-1-14(2-4-16)7-8-24-13-15(11-20(24)25)21(26)23-17-5-6-18-19(12-17)28-10-9-27-18/h1-6,12,15H,7-11,13H2,(H,23,26)/t15-/m1/s1. The smallest absolute Gasteiger partial charge is 0.229 e. The molecule has 1 atom stereocenters. The molecule has 1 saturated heterocycles. The first-order valence-electron chi connectivity index (χ1n) is 9.31. The molecule has 2 aliphatic rings. The summed E-state index contributed by atoms with van der Waals surface area (Å²) >= 11 is 0. The number of benzene rings is 2. The molecule has 1 N–H and O–H groups in total. The summed E-state index contributed by atoms with van der Waals surface area (Å²) < 4.78 is 24.0. The lowest BCUT2D eigenvalue weighted by Crippen LogP contribution is -2.30. The van der Waals surface area contributed by atoms with Crippen LogP contribution in [0.15, 0.2) is 42.5 Å². The van der Waals surface area contributed by atoms with Gasteiger partial charge in [-0.3, -0.25) is 9.59 Å². The molecule has 0 radical (unpaired) electrons. The number of anilines is 1. The van der Waals surface area contributed by atoms with Crippen molar-refractivity contribution in [3.05, 3.63) is 53.8 Å². The summed E-state index contributed by atoms with van der Waals surface area (Å²) in [4.78, 5) is 26.5. The van der Waals surface area contributed by atoms with E-state index in [-0.39, 0.29) is 24.1 Å². The number of ether oxygens (including phenoxy) is 2. The summed E-state index contributed by atoms with van der Waals surface area (Å²) in [5.74, 6) is 0.365. The molecule has 2 aromatic carbocycles. The van der Waals surface area contributed by atoms with Crippen LogP contribution in [0.4, 0.5) is 10.1 Å². The first-order valence-corrected chi connectivity index (χ1v) is 9.31. The first-order chi connectivity index (χ1) is 13.6. The Morgan fingerprint density at radius 1 is 1.11 bits per heavy atom. The highest BCUT2D eigenvalue weighted by Crippen LogP contribution is 2.33. The van der Waals surface area contributed by atoms with Crippen molar-refractivity contribution < 1.29 is 23.5 Å². The Hall–Kier alpha value is -3.09. The van der Waals surface area contributed by atoms with Gasteiger partial charge in [0.2, 0.25) is 11.8 Å². The van der Waals surface area contributed by atoms with E-state index in [2.05, 4.69) is 5.32 Å². The molecule has 1 fully saturated rings. The fourth-order valence-electron chi connectivity index (χ4n) is 3.44. The molecule has 28 heavy (non-hydrogen) atoms. The zero-order chi connectivity index (χ0) is 19.5. The SMILES string of the molecule is O=C(Nc1ccc2c(c1)OCCO2)[C@@H]1CC(=O)N(CCc2ccc(F)cc2)C1. The van der Waals surface area contributed by atoms with Crippen LogP contribution < -0.4 is 14.8 Å². The number of rotatable bonds is 5. The summed E-state index contributed by atoms with van der Waals surface area (Å²) in [6, 6.07) is 11.5. The summed E-state index contributed by atoms with van der Waals surface area (Å²) in [7, 11) is 0. The van der Waals surface area contributed by atoms with Crippen LogP contribution in [0, 0.1) is 11.7 Å². The van der Waals surface area contributed by atoms with E-state index in [0.717, 1.165) is 5.56 Å². The van der Waals surface area contributed by atoms with E-state index in [9.17, 15) is 14.0 Å². The maximum atomic E-state index is 13.0. The molecule has 0 unspecified atom stereocenters. The second-order valence-electron chi connectivity index (χ2n) is 6.96. The molecule has 0 aromatic heterocycles. The maximum Gasteiger partial charge on any atom is 0.229 e. The minimum atomic E-state index is -0.395. The van der Waals surface area contributed by atoms with E-state index >= 15 is 0 Å². The van der Waals surface area contributed by atoms with Gasteiger partial charge in [-0.15, -0.1) is 0 Å². The van der Waals surface area contributed by atoms with Gasteiger partial charge in [0.15, 0.2) is 11.5 Å². The highest BCUT2D eigenvalue weighted by Gasteiger charge is 2.34. The van der Waals surface area contributed by atoms with Gasteiger partial charge in [-0.25, -0.2) is 4.39 Å². The Bertz CT molecular complexity index is 884. The number of likely N-dealkylation sites (tertiary alicyclic amines) is 1. The van der Waals surface area contributed by atoms with E-state index in [1.807, 2.05) is 0 Å². The molecular weight excluding hydrogens is 363 g/mol. The van der Waals surface area contributed by atoms with Gasteiger partial charge in [0.25, 0.3) is 0 Å². The summed E-state index contributed by atoms with van der Waals surface area (Å²) in [5.41, 5.74) is 1.57. The van der Waals surface area contributed by atoms with E-state index < -0.39 is 5.92 Å². The van der Waals surface area contributed by atoms with Gasteiger partial charge in [-0.2, -0.15) is 0 Å². The fourth-order valence-corrected chi connectivity index (χ4v) is 3.44. The predicted octanol–water partition coefficient (Wildman–Crippen LogP) is 2.63. The van der Waals surface area contributed by atoms with Crippen LogP contribution in [-0.2, 0) is 16.0 Å². The maximum absolute atomic E-state index is 13.0. The molecule has 0 saturated carbocycles. The monoisotopic (exact) mass is 384 g/mol. The van der Waals surface area contributed by atoms with Crippen molar-refractivity contribution in [2.45, 2.75) is 12.8 Å². The molecule has 0 spiro atoms. The van der Waals surface area contributed by atoms with E-state index in [0.29, 0.717) is 49.9 Å². The lowest BCUT2D eigenvalue weighted by molar-refractivity contribution is -0.128. The Kier molecular flexibility index (Phi) is 5.14. The van der Waals surface area contributed by atoms with Gasteiger partial charge in [0.1, 0.15) is 19.0 Å². The van der Waals surface area contributed by atoms with Gasteiger partial charge in [0.05, 0.1) is 5.92 Å². The second-order valence-corrected chi connectivity index (χ2v) is 6.96. The van der Waals surface area contributed by atoms with Crippen molar-refractivity contribution in [2.75, 3.05) is 31.6 Å². The highest BCUT2D eigenvalue weighted by atomic mass is 19.1. The molecule has 0 aliphatic carbocycles. The fraction of sp³-hybridized carbons (Fsp3) is 0.333. The number of amides is 2. The van der Waals surface area contributed by atoms with Crippen LogP contribution in [0.3, 0.4) is 0 Å². The van der Waals surface area contributed by atoms with Gasteiger partial charge in [-0.1, -0.05) is 12.1 Å². The second kappa shape index (κ2) is 7.88. The largest absolute Gasteiger partial charge is 0.486 e. The third-order valence-corrected chi connectivity index (χ3v) is 4.98. The third kappa shape index (κ3) is 4.08. The van der Waals surface area contributed by atoms with Crippen molar-refractivity contribution in [3.8, 4) is 11.5 Å². The summed E-state index contributed by atoms with van der Waals surface area (Å²) in [6.07, 6.45) is 0.822. The number of halogens is 1. The molecule has 2 aliphatic heterocycles. The molecule has 2 amide bonds. The number of hydrogen-bond acceptors (Lipinski definition) is 4. The van der Waals surface area contributed by atoms with Crippen LogP contribution in [0.1, 0.15) is 12.0 Å². The predicted molar refractivity (Wildman–Crippen MR) is 101 cm³/mol. The van der Waals surface area contributed by atoms with Crippen molar-refractivity contribution in [3.63, 3.8) is 0 Å². The number of nitrogens with one attached hydrogen (secondary N) is 1. The lowest BCUT2D eigenvalue weighted by atomic mass is 10.1. The Labute approximate surface area is 162 Å². The molecule has 6 nitrogen and oxygen atoms in total. The van der Waals surface area contributed by atoms with E-state index in [1.54, 1.807) is 35.2 Å². The van der Waals surface area contributed by atoms with Crippen molar-refractivity contribution in [1.82, 2.24) is 4.90 Å². The van der Waals surface area contributed by atoms with Gasteiger partial charge in [0, 0.05) is 31.3 Å². The normalized spacial score (nSPS) is 18.2. The zero-order valence-electron chi connectivity index (χ0n) is 15.3. The number of carbonyl (C=O) groups is 2. The van der Waals surface area contributed by atoms with Gasteiger partial charge in [-0.05, 0) is 36.2 Å². The first kappa shape index (κ1) is 18.3. The molecule has 2 aromatic rings. The molecular formula is C21H21FN2O4. The molecule has 0 bridgehead atoms. The Morgan fingerprint density at radius 3 is 2.64 bits per heavy atom. The summed E-state index contributed by atoms with van der Waals surface area (Å²) in [5, 5.41) is 2.86. The van der Waals surface area contributed by atoms with E-state index in [4.69, 9.17) is 9.47 Å². The van der Waals surface area contributed by atoms with Gasteiger partial charge < -0.3 is 19.7 Å². The number of nitrogens with zero attached hydrogens (tertiary/aromatic N) is 1. The minimum absolute atomic E-state index is 0.0376. The number of carbonyl (C=O) groups excluding carboxylic acids is 2. The van der Waals surface area contributed by atoms with Gasteiger partial charge >= 0.3 is 0 Å².